The predicted molar refractivity (Wildman–Crippen MR) is 163 cm³/mol. The van der Waals surface area contributed by atoms with Crippen LogP contribution >= 0.6 is 0 Å². The highest BCUT2D eigenvalue weighted by Crippen LogP contribution is 2.36. The van der Waals surface area contributed by atoms with Gasteiger partial charge in [0.1, 0.15) is 5.52 Å². The Hall–Kier alpha value is -4.63. The van der Waals surface area contributed by atoms with Gasteiger partial charge < -0.3 is 8.98 Å². The molecule has 2 heterocycles. The minimum Gasteiger partial charge on any atom is -0.436 e. The Balaban J connectivity index is 1.29. The van der Waals surface area contributed by atoms with Gasteiger partial charge >= 0.3 is 0 Å². The predicted octanol–water partition coefficient (Wildman–Crippen LogP) is 9.86. The van der Waals surface area contributed by atoms with Crippen molar-refractivity contribution in [1.82, 2.24) is 9.55 Å². The Labute approximate surface area is 228 Å². The lowest BCUT2D eigenvalue weighted by atomic mass is 9.86. The van der Waals surface area contributed by atoms with Gasteiger partial charge in [-0.15, -0.1) is 0 Å². The fourth-order valence-electron chi connectivity index (χ4n) is 5.57. The normalized spacial score (nSPS) is 12.1. The molecule has 5 aromatic carbocycles. The van der Waals surface area contributed by atoms with Crippen molar-refractivity contribution in [3.63, 3.8) is 0 Å². The van der Waals surface area contributed by atoms with Gasteiger partial charge in [-0.2, -0.15) is 0 Å². The van der Waals surface area contributed by atoms with Gasteiger partial charge in [0.25, 0.3) is 0 Å². The molecule has 7 rings (SSSR count). The highest BCUT2D eigenvalue weighted by Gasteiger charge is 2.19. The SMILES string of the molecule is Cc1cc(C(C)(C)C)cc2nc(-c3ccc(-c4ccc5c(c4)c4ccccc4n5-c4ccccc4)cc3)oc12. The quantitative estimate of drug-likeness (QED) is 0.239. The number of fused-ring (bicyclic) bond motifs is 4. The molecule has 0 aliphatic carbocycles. The Bertz CT molecular complexity index is 1980. The number of para-hydroxylation sites is 2. The molecule has 7 aromatic rings. The highest BCUT2D eigenvalue weighted by atomic mass is 16.3. The molecule has 0 saturated heterocycles. The molecule has 0 N–H and O–H groups in total. The summed E-state index contributed by atoms with van der Waals surface area (Å²) in [6.07, 6.45) is 0. The van der Waals surface area contributed by atoms with Crippen molar-refractivity contribution >= 4 is 32.9 Å². The molecule has 2 aromatic heterocycles. The van der Waals surface area contributed by atoms with E-state index in [1.54, 1.807) is 0 Å². The summed E-state index contributed by atoms with van der Waals surface area (Å²) in [5.74, 6) is 0.659. The zero-order chi connectivity index (χ0) is 26.7. The van der Waals surface area contributed by atoms with Crippen LogP contribution in [-0.4, -0.2) is 9.55 Å². The van der Waals surface area contributed by atoms with Gasteiger partial charge in [-0.05, 0) is 83.1 Å². The molecule has 0 atom stereocenters. The Morgan fingerprint density at radius 3 is 2.08 bits per heavy atom. The largest absolute Gasteiger partial charge is 0.436 e. The first-order valence-electron chi connectivity index (χ1n) is 13.5. The van der Waals surface area contributed by atoms with Crippen molar-refractivity contribution in [2.45, 2.75) is 33.1 Å². The summed E-state index contributed by atoms with van der Waals surface area (Å²) in [5.41, 5.74) is 11.2. The maximum atomic E-state index is 6.23. The number of rotatable bonds is 3. The van der Waals surface area contributed by atoms with E-state index in [0.29, 0.717) is 5.89 Å². The summed E-state index contributed by atoms with van der Waals surface area (Å²) < 4.78 is 8.58. The summed E-state index contributed by atoms with van der Waals surface area (Å²) in [6.45, 7) is 8.78. The minimum atomic E-state index is 0.0637. The molecule has 0 amide bonds. The molecule has 0 spiro atoms. The second-order valence-corrected chi connectivity index (χ2v) is 11.4. The van der Waals surface area contributed by atoms with Crippen LogP contribution in [0.2, 0.25) is 0 Å². The van der Waals surface area contributed by atoms with Crippen molar-refractivity contribution in [3.05, 3.63) is 120 Å². The third-order valence-electron chi connectivity index (χ3n) is 7.69. The number of nitrogens with zero attached hydrogens (tertiary/aromatic N) is 2. The molecule has 0 saturated carbocycles. The van der Waals surface area contributed by atoms with Gasteiger partial charge in [0, 0.05) is 22.0 Å². The number of aryl methyl sites for hydroxylation is 1. The minimum absolute atomic E-state index is 0.0637. The zero-order valence-electron chi connectivity index (χ0n) is 22.7. The fourth-order valence-corrected chi connectivity index (χ4v) is 5.57. The van der Waals surface area contributed by atoms with Crippen LogP contribution in [0, 0.1) is 6.92 Å². The van der Waals surface area contributed by atoms with Gasteiger partial charge in [-0.25, -0.2) is 4.98 Å². The summed E-state index contributed by atoms with van der Waals surface area (Å²) in [7, 11) is 0. The van der Waals surface area contributed by atoms with Gasteiger partial charge in [0.15, 0.2) is 5.58 Å². The van der Waals surface area contributed by atoms with Gasteiger partial charge in [-0.1, -0.05) is 81.4 Å². The van der Waals surface area contributed by atoms with Crippen LogP contribution in [0.1, 0.15) is 31.9 Å². The molecule has 0 radical (unpaired) electrons. The molecule has 0 bridgehead atoms. The van der Waals surface area contributed by atoms with E-state index in [4.69, 9.17) is 9.40 Å². The van der Waals surface area contributed by atoms with Crippen LogP contribution in [0.5, 0.6) is 0 Å². The van der Waals surface area contributed by atoms with Crippen molar-refractivity contribution < 1.29 is 4.42 Å². The first-order valence-corrected chi connectivity index (χ1v) is 13.5. The third kappa shape index (κ3) is 3.93. The van der Waals surface area contributed by atoms with E-state index in [2.05, 4.69) is 141 Å². The summed E-state index contributed by atoms with van der Waals surface area (Å²) in [4.78, 5) is 4.86. The number of hydrogen-bond donors (Lipinski definition) is 0. The van der Waals surface area contributed by atoms with Crippen molar-refractivity contribution in [3.8, 4) is 28.3 Å². The van der Waals surface area contributed by atoms with E-state index in [1.807, 2.05) is 0 Å². The monoisotopic (exact) mass is 506 g/mol. The second kappa shape index (κ2) is 8.71. The van der Waals surface area contributed by atoms with Crippen molar-refractivity contribution in [1.29, 1.82) is 0 Å². The van der Waals surface area contributed by atoms with Crippen LogP contribution in [0.15, 0.2) is 114 Å². The van der Waals surface area contributed by atoms with Crippen molar-refractivity contribution in [2.24, 2.45) is 0 Å². The van der Waals surface area contributed by atoms with Crippen molar-refractivity contribution in [2.75, 3.05) is 0 Å². The molecule has 0 aliphatic heterocycles. The number of hydrogen-bond acceptors (Lipinski definition) is 2. The van der Waals surface area contributed by atoms with Crippen LogP contribution in [0.3, 0.4) is 0 Å². The molecule has 39 heavy (non-hydrogen) atoms. The van der Waals surface area contributed by atoms with Gasteiger partial charge in [0.05, 0.1) is 11.0 Å². The average molecular weight is 507 g/mol. The topological polar surface area (TPSA) is 31.0 Å². The summed E-state index contributed by atoms with van der Waals surface area (Å²) >= 11 is 0. The number of benzene rings is 5. The van der Waals surface area contributed by atoms with Crippen LogP contribution in [0.4, 0.5) is 0 Å². The maximum absolute atomic E-state index is 6.23. The van der Waals surface area contributed by atoms with Gasteiger partial charge in [-0.3, -0.25) is 0 Å². The Kier molecular flexibility index (Phi) is 5.24. The molecule has 190 valence electrons. The highest BCUT2D eigenvalue weighted by molar-refractivity contribution is 6.10. The third-order valence-corrected chi connectivity index (χ3v) is 7.69. The lowest BCUT2D eigenvalue weighted by molar-refractivity contribution is 0.589. The maximum Gasteiger partial charge on any atom is 0.227 e. The van der Waals surface area contributed by atoms with E-state index in [1.165, 1.54) is 44.2 Å². The van der Waals surface area contributed by atoms with E-state index in [9.17, 15) is 0 Å². The molecule has 0 unspecified atom stereocenters. The molecule has 3 nitrogen and oxygen atoms in total. The fraction of sp³-hybridized carbons (Fsp3) is 0.139. The Morgan fingerprint density at radius 2 is 1.31 bits per heavy atom. The Morgan fingerprint density at radius 1 is 0.641 bits per heavy atom. The standard InChI is InChI=1S/C36H30N2O/c1-23-20-27(36(2,3)4)22-31-34(23)39-35(37-31)25-16-14-24(15-17-25)26-18-19-33-30(21-26)29-12-8-9-13-32(29)38(33)28-10-6-5-7-11-28/h5-22H,1-4H3. The molecular weight excluding hydrogens is 476 g/mol. The lowest BCUT2D eigenvalue weighted by Gasteiger charge is -2.19. The van der Waals surface area contributed by atoms with E-state index >= 15 is 0 Å². The lowest BCUT2D eigenvalue weighted by Crippen LogP contribution is -2.11. The van der Waals surface area contributed by atoms with E-state index < -0.39 is 0 Å². The van der Waals surface area contributed by atoms with Crippen LogP contribution in [-0.2, 0) is 5.41 Å². The molecular formula is C36H30N2O. The number of aromatic nitrogens is 2. The molecule has 0 aliphatic rings. The van der Waals surface area contributed by atoms with Gasteiger partial charge in [0.2, 0.25) is 5.89 Å². The second-order valence-electron chi connectivity index (χ2n) is 11.4. The molecule has 0 fully saturated rings. The van der Waals surface area contributed by atoms with E-state index in [0.717, 1.165) is 22.2 Å². The van der Waals surface area contributed by atoms with Crippen LogP contribution in [0.25, 0.3) is 61.2 Å². The first kappa shape index (κ1) is 23.5. The van der Waals surface area contributed by atoms with E-state index in [-0.39, 0.29) is 5.41 Å². The number of oxazole rings is 1. The average Bonchev–Trinajstić information content (AvgIpc) is 3.53. The smallest absolute Gasteiger partial charge is 0.227 e. The van der Waals surface area contributed by atoms with Crippen LogP contribution < -0.4 is 0 Å². The summed E-state index contributed by atoms with van der Waals surface area (Å²) in [6, 6.07) is 38.9. The molecule has 3 heteroatoms. The zero-order valence-corrected chi connectivity index (χ0v) is 22.7. The summed E-state index contributed by atoms with van der Waals surface area (Å²) in [5, 5.41) is 2.51. The first-order chi connectivity index (χ1) is 18.9.